The highest BCUT2D eigenvalue weighted by atomic mass is 16.5. The van der Waals surface area contributed by atoms with Crippen LogP contribution in [-0.4, -0.2) is 4.57 Å². The zero-order valence-electron chi connectivity index (χ0n) is 29.2. The molecule has 4 unspecified atom stereocenters. The number of ether oxygens (including phenoxy) is 1. The number of fused-ring (bicyclic) bond motifs is 9. The summed E-state index contributed by atoms with van der Waals surface area (Å²) in [5.41, 5.74) is 10.5. The number of hydrogen-bond donors (Lipinski definition) is 0. The van der Waals surface area contributed by atoms with Crippen molar-refractivity contribution in [2.45, 2.75) is 38.2 Å². The number of aromatic nitrogens is 1. The molecular formula is C47H32N4O2. The average molecular weight is 685 g/mol. The van der Waals surface area contributed by atoms with Gasteiger partial charge in [0, 0.05) is 33.1 Å². The Morgan fingerprint density at radius 3 is 2.55 bits per heavy atom. The number of allylic oxidation sites excluding steroid dienone is 6. The van der Waals surface area contributed by atoms with Crippen LogP contribution in [0.25, 0.3) is 50.1 Å². The molecule has 0 amide bonds. The maximum atomic E-state index is 10.5. The normalized spacial score (nSPS) is 22.7. The second kappa shape index (κ2) is 11.3. The van der Waals surface area contributed by atoms with Crippen LogP contribution in [0, 0.1) is 45.8 Å². The highest BCUT2D eigenvalue weighted by molar-refractivity contribution is 6.10. The van der Waals surface area contributed by atoms with E-state index in [0.29, 0.717) is 17.5 Å². The van der Waals surface area contributed by atoms with Crippen molar-refractivity contribution >= 4 is 44.4 Å². The molecule has 1 aliphatic heterocycles. The lowest BCUT2D eigenvalue weighted by atomic mass is 9.70. The molecule has 0 saturated carbocycles. The van der Waals surface area contributed by atoms with Crippen LogP contribution in [0.4, 0.5) is 0 Å². The monoisotopic (exact) mass is 684 g/mol. The average Bonchev–Trinajstić information content (AvgIpc) is 3.86. The summed E-state index contributed by atoms with van der Waals surface area (Å²) in [7, 11) is 0. The van der Waals surface area contributed by atoms with Crippen molar-refractivity contribution in [1.82, 2.24) is 4.57 Å². The van der Waals surface area contributed by atoms with Gasteiger partial charge in [0.1, 0.15) is 17.4 Å². The Balaban J connectivity index is 1.05. The van der Waals surface area contributed by atoms with E-state index in [0.717, 1.165) is 84.2 Å². The fraction of sp³-hybridized carbons (Fsp3) is 0.170. The summed E-state index contributed by atoms with van der Waals surface area (Å²) in [6.07, 6.45) is 14.1. The van der Waals surface area contributed by atoms with Gasteiger partial charge in [-0.05, 0) is 95.6 Å². The molecule has 0 bridgehead atoms. The summed E-state index contributed by atoms with van der Waals surface area (Å²) in [6.45, 7) is 4.42. The molecule has 3 heterocycles. The van der Waals surface area contributed by atoms with E-state index in [4.69, 9.17) is 9.15 Å². The highest BCUT2D eigenvalue weighted by Crippen LogP contribution is 2.55. The van der Waals surface area contributed by atoms with Crippen LogP contribution in [-0.2, 0) is 10.2 Å². The first-order chi connectivity index (χ1) is 25.9. The summed E-state index contributed by atoms with van der Waals surface area (Å²) < 4.78 is 15.5. The lowest BCUT2D eigenvalue weighted by Gasteiger charge is -2.34. The molecule has 4 aliphatic rings. The van der Waals surface area contributed by atoms with Gasteiger partial charge in [-0.25, -0.2) is 0 Å². The van der Waals surface area contributed by atoms with Crippen LogP contribution in [0.2, 0.25) is 0 Å². The van der Waals surface area contributed by atoms with Crippen LogP contribution in [0.1, 0.15) is 66.4 Å². The van der Waals surface area contributed by atoms with Gasteiger partial charge in [0.2, 0.25) is 0 Å². The first-order valence-corrected chi connectivity index (χ1v) is 18.0. The molecule has 53 heavy (non-hydrogen) atoms. The zero-order chi connectivity index (χ0) is 36.0. The van der Waals surface area contributed by atoms with Crippen molar-refractivity contribution in [3.05, 3.63) is 160 Å². The summed E-state index contributed by atoms with van der Waals surface area (Å²) in [5, 5.41) is 33.2. The molecule has 0 radical (unpaired) electrons. The number of nitrogens with zero attached hydrogens (tertiary/aromatic N) is 4. The summed E-state index contributed by atoms with van der Waals surface area (Å²) in [4.78, 5) is 0. The Morgan fingerprint density at radius 2 is 1.70 bits per heavy atom. The molecule has 6 aromatic rings. The van der Waals surface area contributed by atoms with Crippen molar-refractivity contribution < 1.29 is 9.15 Å². The number of nitriles is 3. The predicted octanol–water partition coefficient (Wildman–Crippen LogP) is 11.0. The quantitative estimate of drug-likeness (QED) is 0.185. The summed E-state index contributed by atoms with van der Waals surface area (Å²) >= 11 is 0. The minimum atomic E-state index is -0.461. The zero-order valence-corrected chi connectivity index (χ0v) is 29.2. The molecule has 10 rings (SSSR count). The molecule has 2 aromatic heterocycles. The molecule has 0 spiro atoms. The third-order valence-corrected chi connectivity index (χ3v) is 11.7. The molecule has 3 aliphatic carbocycles. The molecule has 0 saturated heterocycles. The molecule has 6 nitrogen and oxygen atoms in total. The third-order valence-electron chi connectivity index (χ3n) is 11.7. The van der Waals surface area contributed by atoms with Crippen molar-refractivity contribution in [3.8, 4) is 23.9 Å². The van der Waals surface area contributed by atoms with Crippen LogP contribution >= 0.6 is 0 Å². The highest BCUT2D eigenvalue weighted by Gasteiger charge is 2.46. The fourth-order valence-corrected chi connectivity index (χ4v) is 9.22. The Morgan fingerprint density at radius 1 is 0.830 bits per heavy atom. The summed E-state index contributed by atoms with van der Waals surface area (Å²) in [5.74, 6) is 1.96. The Kier molecular flexibility index (Phi) is 6.63. The minimum Gasteiger partial charge on any atom is -0.482 e. The standard InChI is InChI=1S/C47H32N4O2/c1-27-7-5-8-30(25-49)43(27)29-14-18-41-36(22-29)33-15-16-34-37-23-47(2,20-19-42(37)53-46(34)45(33)52-41)38-11-6-9-31(26-50)44(38)51-39-12-4-3-10-32(39)35-21-28(24-48)13-17-40(35)51/h3-6,8-22,27,34,46H,7,23H2,1-2H3. The van der Waals surface area contributed by atoms with Gasteiger partial charge >= 0.3 is 0 Å². The summed E-state index contributed by atoms with van der Waals surface area (Å²) in [6, 6.07) is 33.4. The van der Waals surface area contributed by atoms with Crippen LogP contribution < -0.4 is 0 Å². The number of benzene rings is 4. The Bertz CT molecular complexity index is 2910. The number of furan rings is 1. The van der Waals surface area contributed by atoms with E-state index in [-0.39, 0.29) is 17.9 Å². The second-order valence-corrected chi connectivity index (χ2v) is 14.8. The molecular weight excluding hydrogens is 653 g/mol. The predicted molar refractivity (Wildman–Crippen MR) is 206 cm³/mol. The number of hydrogen-bond acceptors (Lipinski definition) is 5. The molecule has 0 N–H and O–H groups in total. The van der Waals surface area contributed by atoms with Crippen LogP contribution in [0.15, 0.2) is 131 Å². The van der Waals surface area contributed by atoms with Gasteiger partial charge < -0.3 is 13.7 Å². The number of para-hydroxylation sites is 2. The lowest BCUT2D eigenvalue weighted by Crippen LogP contribution is -2.26. The first-order valence-electron chi connectivity index (χ1n) is 18.0. The maximum absolute atomic E-state index is 10.5. The molecule has 6 heteroatoms. The van der Waals surface area contributed by atoms with Crippen molar-refractivity contribution in [1.29, 1.82) is 15.8 Å². The van der Waals surface area contributed by atoms with E-state index < -0.39 is 5.41 Å². The van der Waals surface area contributed by atoms with Crippen molar-refractivity contribution in [3.63, 3.8) is 0 Å². The van der Waals surface area contributed by atoms with Gasteiger partial charge in [0.25, 0.3) is 0 Å². The third kappa shape index (κ3) is 4.41. The van der Waals surface area contributed by atoms with Crippen LogP contribution in [0.3, 0.4) is 0 Å². The molecule has 252 valence electrons. The topological polar surface area (TPSA) is 98.7 Å². The van der Waals surface area contributed by atoms with E-state index >= 15 is 0 Å². The molecule has 4 atom stereocenters. The second-order valence-electron chi connectivity index (χ2n) is 14.8. The minimum absolute atomic E-state index is 0.00143. The maximum Gasteiger partial charge on any atom is 0.167 e. The largest absolute Gasteiger partial charge is 0.482 e. The molecule has 4 aromatic carbocycles. The van der Waals surface area contributed by atoms with Crippen molar-refractivity contribution in [2.24, 2.45) is 11.8 Å². The van der Waals surface area contributed by atoms with E-state index in [1.54, 1.807) is 0 Å². The first kappa shape index (κ1) is 31.0. The fourth-order valence-electron chi connectivity index (χ4n) is 9.22. The Hall–Kier alpha value is -6.81. The van der Waals surface area contributed by atoms with Gasteiger partial charge in [0.05, 0.1) is 45.6 Å². The lowest BCUT2D eigenvalue weighted by molar-refractivity contribution is 0.111. The van der Waals surface area contributed by atoms with Gasteiger partial charge in [0.15, 0.2) is 11.9 Å². The van der Waals surface area contributed by atoms with Crippen molar-refractivity contribution in [2.75, 3.05) is 0 Å². The Labute approximate surface area is 306 Å². The van der Waals surface area contributed by atoms with E-state index in [2.05, 4.69) is 97.3 Å². The number of rotatable bonds is 3. The van der Waals surface area contributed by atoms with Crippen LogP contribution in [0.5, 0.6) is 0 Å². The van der Waals surface area contributed by atoms with Gasteiger partial charge in [-0.2, -0.15) is 15.8 Å². The van der Waals surface area contributed by atoms with Gasteiger partial charge in [-0.3, -0.25) is 0 Å². The molecule has 0 fully saturated rings. The van der Waals surface area contributed by atoms with E-state index in [1.807, 2.05) is 54.6 Å². The SMILES string of the molecule is CC1CC=CC(C#N)=C1c1ccc2oc3c(c2c1)C=CC1C2=C(C=CC(C)(c4cccc(C#N)c4-n4c5ccccc5c5cc(C#N)ccc54)C2)OC31. The van der Waals surface area contributed by atoms with Gasteiger partial charge in [-0.1, -0.05) is 74.5 Å². The van der Waals surface area contributed by atoms with Gasteiger partial charge in [-0.15, -0.1) is 0 Å². The van der Waals surface area contributed by atoms with E-state index in [9.17, 15) is 15.8 Å². The van der Waals surface area contributed by atoms with E-state index in [1.165, 1.54) is 5.57 Å². The smallest absolute Gasteiger partial charge is 0.167 e.